The van der Waals surface area contributed by atoms with Crippen LogP contribution in [0.2, 0.25) is 0 Å². The Hall–Kier alpha value is -0.550. The van der Waals surface area contributed by atoms with Crippen LogP contribution in [-0.2, 0) is 0 Å². The van der Waals surface area contributed by atoms with E-state index >= 15 is 0 Å². The predicted molar refractivity (Wildman–Crippen MR) is 58.8 cm³/mol. The molecule has 0 aromatic carbocycles. The number of rotatable bonds is 2. The molecule has 0 bridgehead atoms. The van der Waals surface area contributed by atoms with Gasteiger partial charge >= 0.3 is 0 Å². The van der Waals surface area contributed by atoms with Crippen LogP contribution in [0.4, 0.5) is 0 Å². The smallest absolute Gasteiger partial charge is 0.109 e. The highest BCUT2D eigenvalue weighted by molar-refractivity contribution is 5.09. The van der Waals surface area contributed by atoms with Crippen molar-refractivity contribution in [1.82, 2.24) is 4.90 Å². The van der Waals surface area contributed by atoms with Crippen molar-refractivity contribution in [3.8, 4) is 6.07 Å². The van der Waals surface area contributed by atoms with Crippen LogP contribution in [-0.4, -0.2) is 24.5 Å². The van der Waals surface area contributed by atoms with E-state index in [-0.39, 0.29) is 5.54 Å². The number of hydrogen-bond acceptors (Lipinski definition) is 2. The first-order valence-electron chi connectivity index (χ1n) is 5.60. The predicted octanol–water partition coefficient (Wildman–Crippen LogP) is 2.66. The fourth-order valence-corrected chi connectivity index (χ4v) is 2.47. The summed E-state index contributed by atoms with van der Waals surface area (Å²) in [4.78, 5) is 2.11. The minimum atomic E-state index is -0.187. The summed E-state index contributed by atoms with van der Waals surface area (Å²) in [5, 5.41) is 9.32. The van der Waals surface area contributed by atoms with Gasteiger partial charge in [-0.05, 0) is 45.2 Å². The van der Waals surface area contributed by atoms with Gasteiger partial charge in [-0.2, -0.15) is 5.26 Å². The van der Waals surface area contributed by atoms with E-state index < -0.39 is 0 Å². The van der Waals surface area contributed by atoms with Gasteiger partial charge in [-0.3, -0.25) is 4.90 Å². The van der Waals surface area contributed by atoms with Crippen LogP contribution in [0.1, 0.15) is 39.5 Å². The zero-order chi connectivity index (χ0) is 10.8. The molecule has 0 N–H and O–H groups in total. The Labute approximate surface area is 87.9 Å². The molecule has 1 saturated carbocycles. The Kier molecular flexibility index (Phi) is 3.55. The van der Waals surface area contributed by atoms with E-state index in [0.29, 0.717) is 5.92 Å². The second-order valence-corrected chi connectivity index (χ2v) is 5.14. The third-order valence-electron chi connectivity index (χ3n) is 3.77. The van der Waals surface area contributed by atoms with Crippen molar-refractivity contribution < 1.29 is 0 Å². The molecular formula is C12H22N2. The van der Waals surface area contributed by atoms with Gasteiger partial charge in [0.15, 0.2) is 0 Å². The molecule has 1 aliphatic carbocycles. The summed E-state index contributed by atoms with van der Waals surface area (Å²) in [5.41, 5.74) is -0.187. The standard InChI is InChI=1S/C12H22N2/c1-10(2)11-6-5-7-12(8-11,9-13)14(3)4/h10-11H,5-8H2,1-4H3. The van der Waals surface area contributed by atoms with Crippen molar-refractivity contribution in [2.45, 2.75) is 45.1 Å². The lowest BCUT2D eigenvalue weighted by molar-refractivity contribution is 0.104. The van der Waals surface area contributed by atoms with Gasteiger partial charge in [-0.25, -0.2) is 0 Å². The Morgan fingerprint density at radius 3 is 2.50 bits per heavy atom. The molecule has 0 amide bonds. The summed E-state index contributed by atoms with van der Waals surface area (Å²) in [7, 11) is 4.07. The molecule has 1 rings (SSSR count). The maximum atomic E-state index is 9.32. The second-order valence-electron chi connectivity index (χ2n) is 5.14. The molecule has 2 unspecified atom stereocenters. The average molecular weight is 194 g/mol. The van der Waals surface area contributed by atoms with E-state index in [1.807, 2.05) is 14.1 Å². The molecule has 0 heterocycles. The van der Waals surface area contributed by atoms with Crippen molar-refractivity contribution in [2.75, 3.05) is 14.1 Å². The van der Waals surface area contributed by atoms with Crippen LogP contribution >= 0.6 is 0 Å². The minimum absolute atomic E-state index is 0.187. The maximum absolute atomic E-state index is 9.32. The molecule has 80 valence electrons. The zero-order valence-electron chi connectivity index (χ0n) is 9.88. The molecule has 2 nitrogen and oxygen atoms in total. The second kappa shape index (κ2) is 4.31. The van der Waals surface area contributed by atoms with E-state index in [1.165, 1.54) is 12.8 Å². The highest BCUT2D eigenvalue weighted by atomic mass is 15.1. The third kappa shape index (κ3) is 2.09. The van der Waals surface area contributed by atoms with Crippen LogP contribution < -0.4 is 0 Å². The molecule has 0 aromatic heterocycles. The minimum Gasteiger partial charge on any atom is -0.292 e. The lowest BCUT2D eigenvalue weighted by atomic mass is 9.72. The Morgan fingerprint density at radius 2 is 2.07 bits per heavy atom. The molecule has 14 heavy (non-hydrogen) atoms. The van der Waals surface area contributed by atoms with Crippen LogP contribution in [0, 0.1) is 23.2 Å². The summed E-state index contributed by atoms with van der Waals surface area (Å²) in [5.74, 6) is 1.44. The molecule has 0 radical (unpaired) electrons. The van der Waals surface area contributed by atoms with Gasteiger partial charge in [0, 0.05) is 0 Å². The molecule has 1 fully saturated rings. The fraction of sp³-hybridized carbons (Fsp3) is 0.917. The Balaban J connectivity index is 2.75. The summed E-state index contributed by atoms with van der Waals surface area (Å²) in [6.07, 6.45) is 4.59. The number of nitriles is 1. The topological polar surface area (TPSA) is 27.0 Å². The van der Waals surface area contributed by atoms with Gasteiger partial charge in [0.25, 0.3) is 0 Å². The van der Waals surface area contributed by atoms with Crippen molar-refractivity contribution in [2.24, 2.45) is 11.8 Å². The highest BCUT2D eigenvalue weighted by Gasteiger charge is 2.39. The lowest BCUT2D eigenvalue weighted by Gasteiger charge is -2.41. The normalized spacial score (nSPS) is 33.4. The quantitative estimate of drug-likeness (QED) is 0.675. The van der Waals surface area contributed by atoms with Gasteiger partial charge in [0.2, 0.25) is 0 Å². The van der Waals surface area contributed by atoms with Crippen LogP contribution in [0.25, 0.3) is 0 Å². The van der Waals surface area contributed by atoms with Crippen molar-refractivity contribution in [3.05, 3.63) is 0 Å². The monoisotopic (exact) mass is 194 g/mol. The van der Waals surface area contributed by atoms with E-state index in [1.54, 1.807) is 0 Å². The molecule has 0 spiro atoms. The van der Waals surface area contributed by atoms with Crippen LogP contribution in [0.15, 0.2) is 0 Å². The van der Waals surface area contributed by atoms with E-state index in [4.69, 9.17) is 0 Å². The fourth-order valence-electron chi connectivity index (χ4n) is 2.47. The summed E-state index contributed by atoms with van der Waals surface area (Å²) >= 11 is 0. The highest BCUT2D eigenvalue weighted by Crippen LogP contribution is 2.38. The molecule has 0 aliphatic heterocycles. The van der Waals surface area contributed by atoms with Gasteiger partial charge < -0.3 is 0 Å². The van der Waals surface area contributed by atoms with Gasteiger partial charge in [-0.1, -0.05) is 20.3 Å². The van der Waals surface area contributed by atoms with Gasteiger partial charge in [-0.15, -0.1) is 0 Å². The van der Waals surface area contributed by atoms with Gasteiger partial charge in [0.05, 0.1) is 6.07 Å². The summed E-state index contributed by atoms with van der Waals surface area (Å²) < 4.78 is 0. The first-order valence-corrected chi connectivity index (χ1v) is 5.60. The zero-order valence-corrected chi connectivity index (χ0v) is 9.88. The first kappa shape index (κ1) is 11.5. The molecule has 0 aromatic rings. The average Bonchev–Trinajstić information content (AvgIpc) is 2.17. The van der Waals surface area contributed by atoms with E-state index in [2.05, 4.69) is 24.8 Å². The SMILES string of the molecule is CC(C)C1CCCC(C#N)(N(C)C)C1. The molecule has 0 saturated heterocycles. The van der Waals surface area contributed by atoms with Crippen molar-refractivity contribution in [3.63, 3.8) is 0 Å². The third-order valence-corrected chi connectivity index (χ3v) is 3.77. The first-order chi connectivity index (χ1) is 6.52. The van der Waals surface area contributed by atoms with Crippen molar-refractivity contribution >= 4 is 0 Å². The lowest BCUT2D eigenvalue weighted by Crippen LogP contribution is -2.47. The van der Waals surface area contributed by atoms with E-state index in [0.717, 1.165) is 18.8 Å². The molecule has 1 aliphatic rings. The maximum Gasteiger partial charge on any atom is 0.109 e. The molecular weight excluding hydrogens is 172 g/mol. The number of hydrogen-bond donors (Lipinski definition) is 0. The van der Waals surface area contributed by atoms with Crippen LogP contribution in [0.5, 0.6) is 0 Å². The van der Waals surface area contributed by atoms with Gasteiger partial charge in [0.1, 0.15) is 5.54 Å². The largest absolute Gasteiger partial charge is 0.292 e. The Bertz CT molecular complexity index is 227. The summed E-state index contributed by atoms with van der Waals surface area (Å²) in [6.45, 7) is 4.54. The van der Waals surface area contributed by atoms with Crippen molar-refractivity contribution in [1.29, 1.82) is 5.26 Å². The molecule has 2 heteroatoms. The summed E-state index contributed by atoms with van der Waals surface area (Å²) in [6, 6.07) is 2.53. The van der Waals surface area contributed by atoms with Crippen LogP contribution in [0.3, 0.4) is 0 Å². The molecule has 2 atom stereocenters. The van der Waals surface area contributed by atoms with E-state index in [9.17, 15) is 5.26 Å². The Morgan fingerprint density at radius 1 is 1.43 bits per heavy atom. The number of nitrogens with zero attached hydrogens (tertiary/aromatic N) is 2.